The van der Waals surface area contributed by atoms with Crippen molar-refractivity contribution < 1.29 is 4.79 Å². The molecule has 1 saturated heterocycles. The highest BCUT2D eigenvalue weighted by molar-refractivity contribution is 8.00. The van der Waals surface area contributed by atoms with Crippen LogP contribution in [0.15, 0.2) is 23.1 Å². The van der Waals surface area contributed by atoms with Gasteiger partial charge in [-0.25, -0.2) is 0 Å². The quantitative estimate of drug-likeness (QED) is 0.731. The number of carbonyl (C=O) groups excluding carboxylic acids is 1. The Hall–Kier alpha value is -1.20. The largest absolute Gasteiger partial charge is 0.399 e. The fourth-order valence-corrected chi connectivity index (χ4v) is 3.34. The summed E-state index contributed by atoms with van der Waals surface area (Å²) in [6.45, 7) is 1.86. The van der Waals surface area contributed by atoms with Gasteiger partial charge in [0.15, 0.2) is 0 Å². The van der Waals surface area contributed by atoms with Crippen molar-refractivity contribution in [2.75, 3.05) is 29.5 Å². The van der Waals surface area contributed by atoms with Crippen molar-refractivity contribution in [1.82, 2.24) is 5.32 Å². The van der Waals surface area contributed by atoms with Gasteiger partial charge in [0.05, 0.1) is 17.5 Å². The summed E-state index contributed by atoms with van der Waals surface area (Å²) in [6.07, 6.45) is 1.02. The Labute approximate surface area is 105 Å². The lowest BCUT2D eigenvalue weighted by molar-refractivity contribution is -0.116. The minimum atomic E-state index is 0.196. The third kappa shape index (κ3) is 1.89. The first kappa shape index (κ1) is 10.9. The average Bonchev–Trinajstić information content (AvgIpc) is 2.82. The molecular weight excluding hydrogens is 234 g/mol. The maximum absolute atomic E-state index is 12.1. The van der Waals surface area contributed by atoms with Gasteiger partial charge < -0.3 is 16.0 Å². The van der Waals surface area contributed by atoms with Crippen LogP contribution in [-0.4, -0.2) is 30.8 Å². The van der Waals surface area contributed by atoms with E-state index in [1.807, 2.05) is 23.1 Å². The zero-order valence-electron chi connectivity index (χ0n) is 9.48. The van der Waals surface area contributed by atoms with Crippen molar-refractivity contribution in [3.63, 3.8) is 0 Å². The standard InChI is InChI=1S/C12H15N3OS/c13-8-1-2-11-10(5-8)15(12(16)7-17-11)9-3-4-14-6-9/h1-2,5,9,14H,3-4,6-7,13H2. The zero-order valence-corrected chi connectivity index (χ0v) is 10.3. The first-order valence-corrected chi connectivity index (χ1v) is 6.79. The predicted molar refractivity (Wildman–Crippen MR) is 70.3 cm³/mol. The highest BCUT2D eigenvalue weighted by Gasteiger charge is 2.32. The number of fused-ring (bicyclic) bond motifs is 1. The Bertz CT molecular complexity index is 457. The van der Waals surface area contributed by atoms with Crippen LogP contribution < -0.4 is 16.0 Å². The van der Waals surface area contributed by atoms with Crippen molar-refractivity contribution in [2.45, 2.75) is 17.4 Å². The van der Waals surface area contributed by atoms with Crippen molar-refractivity contribution in [3.05, 3.63) is 18.2 Å². The topological polar surface area (TPSA) is 58.4 Å². The van der Waals surface area contributed by atoms with E-state index in [2.05, 4.69) is 5.32 Å². The lowest BCUT2D eigenvalue weighted by Crippen LogP contribution is -2.44. The molecule has 0 spiro atoms. The molecule has 1 amide bonds. The van der Waals surface area contributed by atoms with Crippen LogP contribution in [-0.2, 0) is 4.79 Å². The van der Waals surface area contributed by atoms with E-state index in [9.17, 15) is 4.79 Å². The number of carbonyl (C=O) groups is 1. The van der Waals surface area contributed by atoms with Crippen LogP contribution in [0, 0.1) is 0 Å². The third-order valence-corrected chi connectivity index (χ3v) is 4.31. The van der Waals surface area contributed by atoms with Gasteiger partial charge in [-0.1, -0.05) is 0 Å². The molecule has 0 bridgehead atoms. The first-order chi connectivity index (χ1) is 8.25. The SMILES string of the molecule is Nc1ccc2c(c1)N(C1CCNC1)C(=O)CS2. The number of amides is 1. The Morgan fingerprint density at radius 2 is 2.35 bits per heavy atom. The van der Waals surface area contributed by atoms with Gasteiger partial charge in [-0.2, -0.15) is 0 Å². The van der Waals surface area contributed by atoms with Crippen LogP contribution in [0.25, 0.3) is 0 Å². The second-order valence-corrected chi connectivity index (χ2v) is 5.44. The summed E-state index contributed by atoms with van der Waals surface area (Å²) in [5, 5.41) is 3.30. The fraction of sp³-hybridized carbons (Fsp3) is 0.417. The number of nitrogens with two attached hydrogens (primary N) is 1. The van der Waals surface area contributed by atoms with Crippen LogP contribution in [0.1, 0.15) is 6.42 Å². The van der Waals surface area contributed by atoms with E-state index in [-0.39, 0.29) is 11.9 Å². The molecule has 90 valence electrons. The summed E-state index contributed by atoms with van der Waals surface area (Å²) in [4.78, 5) is 15.2. The molecule has 2 heterocycles. The van der Waals surface area contributed by atoms with E-state index in [0.717, 1.165) is 35.8 Å². The highest BCUT2D eigenvalue weighted by atomic mass is 32.2. The van der Waals surface area contributed by atoms with E-state index in [1.54, 1.807) is 11.8 Å². The number of nitrogens with one attached hydrogen (secondary N) is 1. The number of hydrogen-bond donors (Lipinski definition) is 2. The van der Waals surface area contributed by atoms with E-state index in [4.69, 9.17) is 5.73 Å². The summed E-state index contributed by atoms with van der Waals surface area (Å²) in [5.41, 5.74) is 7.53. The lowest BCUT2D eigenvalue weighted by Gasteiger charge is -2.33. The van der Waals surface area contributed by atoms with Gasteiger partial charge in [-0.15, -0.1) is 11.8 Å². The minimum absolute atomic E-state index is 0.196. The van der Waals surface area contributed by atoms with Crippen LogP contribution >= 0.6 is 11.8 Å². The molecule has 0 aliphatic carbocycles. The van der Waals surface area contributed by atoms with Gasteiger partial charge in [-0.3, -0.25) is 4.79 Å². The molecule has 5 heteroatoms. The molecule has 3 rings (SSSR count). The van der Waals surface area contributed by atoms with Gasteiger partial charge >= 0.3 is 0 Å². The molecule has 1 aromatic rings. The Balaban J connectivity index is 2.02. The molecule has 0 radical (unpaired) electrons. The number of benzene rings is 1. The molecule has 2 aliphatic rings. The van der Waals surface area contributed by atoms with Crippen molar-refractivity contribution >= 4 is 29.0 Å². The summed E-state index contributed by atoms with van der Waals surface area (Å²) in [7, 11) is 0. The molecule has 4 nitrogen and oxygen atoms in total. The molecule has 1 unspecified atom stereocenters. The van der Waals surface area contributed by atoms with Crippen LogP contribution in [0.2, 0.25) is 0 Å². The smallest absolute Gasteiger partial charge is 0.237 e. The maximum Gasteiger partial charge on any atom is 0.237 e. The third-order valence-electron chi connectivity index (χ3n) is 3.26. The first-order valence-electron chi connectivity index (χ1n) is 5.81. The molecule has 3 N–H and O–H groups in total. The predicted octanol–water partition coefficient (Wildman–Crippen LogP) is 1.07. The van der Waals surface area contributed by atoms with Gasteiger partial charge in [-0.05, 0) is 31.2 Å². The number of nitrogens with zero attached hydrogens (tertiary/aromatic N) is 1. The average molecular weight is 249 g/mol. The van der Waals surface area contributed by atoms with E-state index < -0.39 is 0 Å². The summed E-state index contributed by atoms with van der Waals surface area (Å²) in [6, 6.07) is 6.10. The molecule has 17 heavy (non-hydrogen) atoms. The second-order valence-electron chi connectivity index (χ2n) is 4.43. The molecule has 1 atom stereocenters. The number of thioether (sulfide) groups is 1. The zero-order chi connectivity index (χ0) is 11.8. The Morgan fingerprint density at radius 1 is 1.47 bits per heavy atom. The van der Waals surface area contributed by atoms with Crippen LogP contribution in [0.3, 0.4) is 0 Å². The number of nitrogen functional groups attached to an aromatic ring is 1. The Morgan fingerprint density at radius 3 is 3.12 bits per heavy atom. The number of anilines is 2. The minimum Gasteiger partial charge on any atom is -0.399 e. The Kier molecular flexibility index (Phi) is 2.72. The molecular formula is C12H15N3OS. The van der Waals surface area contributed by atoms with Crippen molar-refractivity contribution in [1.29, 1.82) is 0 Å². The van der Waals surface area contributed by atoms with Crippen molar-refractivity contribution in [3.8, 4) is 0 Å². The summed E-state index contributed by atoms with van der Waals surface area (Å²) in [5.74, 6) is 0.731. The van der Waals surface area contributed by atoms with Gasteiger partial charge in [0.2, 0.25) is 5.91 Å². The van der Waals surface area contributed by atoms with E-state index in [1.165, 1.54) is 0 Å². The summed E-state index contributed by atoms with van der Waals surface area (Å²) >= 11 is 1.60. The molecule has 0 aromatic heterocycles. The number of rotatable bonds is 1. The van der Waals surface area contributed by atoms with E-state index >= 15 is 0 Å². The highest BCUT2D eigenvalue weighted by Crippen LogP contribution is 2.38. The molecule has 0 saturated carbocycles. The molecule has 1 aromatic carbocycles. The van der Waals surface area contributed by atoms with Gasteiger partial charge in [0, 0.05) is 17.1 Å². The number of hydrogen-bond acceptors (Lipinski definition) is 4. The fourth-order valence-electron chi connectivity index (χ4n) is 2.45. The van der Waals surface area contributed by atoms with Gasteiger partial charge in [0.25, 0.3) is 0 Å². The van der Waals surface area contributed by atoms with E-state index in [0.29, 0.717) is 5.75 Å². The van der Waals surface area contributed by atoms with Crippen LogP contribution in [0.5, 0.6) is 0 Å². The second kappa shape index (κ2) is 4.23. The normalized spacial score (nSPS) is 23.9. The monoisotopic (exact) mass is 249 g/mol. The molecule has 1 fully saturated rings. The molecule has 2 aliphatic heterocycles. The van der Waals surface area contributed by atoms with Crippen LogP contribution in [0.4, 0.5) is 11.4 Å². The maximum atomic E-state index is 12.1. The summed E-state index contributed by atoms with van der Waals surface area (Å²) < 4.78 is 0. The lowest BCUT2D eigenvalue weighted by atomic mass is 10.1. The van der Waals surface area contributed by atoms with Gasteiger partial charge in [0.1, 0.15) is 0 Å². The van der Waals surface area contributed by atoms with Crippen molar-refractivity contribution in [2.24, 2.45) is 0 Å².